The monoisotopic (exact) mass is 813 g/mol. The van der Waals surface area contributed by atoms with Crippen LogP contribution in [0.3, 0.4) is 0 Å². The highest BCUT2D eigenvalue weighted by atomic mass is 15.1. The first kappa shape index (κ1) is 37.5. The van der Waals surface area contributed by atoms with Gasteiger partial charge in [0.15, 0.2) is 0 Å². The van der Waals surface area contributed by atoms with Crippen molar-refractivity contribution >= 4 is 38.6 Å². The Morgan fingerprint density at radius 1 is 0.266 bits per heavy atom. The second-order valence-electron chi connectivity index (χ2n) is 16.7. The van der Waals surface area contributed by atoms with Gasteiger partial charge < -0.3 is 4.90 Å². The molecule has 0 atom stereocenters. The van der Waals surface area contributed by atoms with E-state index in [1.807, 2.05) is 0 Å². The van der Waals surface area contributed by atoms with Crippen molar-refractivity contribution in [2.75, 3.05) is 4.90 Å². The fraction of sp³-hybridized carbons (Fsp3) is 0.0159. The molecule has 0 aromatic heterocycles. The molecule has 0 saturated carbocycles. The summed E-state index contributed by atoms with van der Waals surface area (Å²) in [6.45, 7) is 0. The maximum Gasteiger partial charge on any atom is 0.0714 e. The van der Waals surface area contributed by atoms with Gasteiger partial charge in [0.25, 0.3) is 0 Å². The average Bonchev–Trinajstić information content (AvgIpc) is 3.68. The third-order valence-corrected chi connectivity index (χ3v) is 13.3. The molecule has 11 aromatic rings. The van der Waals surface area contributed by atoms with Crippen LogP contribution in [0.2, 0.25) is 0 Å². The first-order chi connectivity index (χ1) is 31.8. The standard InChI is InChI=1S/C63H43N/c1-5-22-44(23-6-1)51-32-13-14-33-52(51)45-24-21-25-46(42-45)61-57-37-17-15-34-53(57)54-35-16-18-38-58(54)62(61)64(49-30-11-4-12-31-49)50-40-41-56-55-36-19-20-39-59(55)63(60(56)43-50,47-26-7-2-8-27-47)48-28-9-3-10-29-48/h1-43H. The Morgan fingerprint density at radius 3 is 1.41 bits per heavy atom. The molecule has 0 amide bonds. The van der Waals surface area contributed by atoms with Gasteiger partial charge in [-0.3, -0.25) is 0 Å². The molecule has 300 valence electrons. The number of hydrogen-bond donors (Lipinski definition) is 0. The number of anilines is 3. The Labute approximate surface area is 374 Å². The molecule has 0 fully saturated rings. The maximum absolute atomic E-state index is 2.53. The molecule has 0 spiro atoms. The van der Waals surface area contributed by atoms with Crippen molar-refractivity contribution in [3.8, 4) is 44.5 Å². The molecule has 0 radical (unpaired) electrons. The van der Waals surface area contributed by atoms with Crippen molar-refractivity contribution in [1.82, 2.24) is 0 Å². The van der Waals surface area contributed by atoms with Gasteiger partial charge in [-0.25, -0.2) is 0 Å². The molecular formula is C63H43N. The SMILES string of the molecule is c1ccc(-c2ccccc2-c2cccc(-c3c(N(c4ccccc4)c4ccc5c(c4)C(c4ccccc4)(c4ccccc4)c4ccccc4-5)c4ccccc4c4ccccc34)c2)cc1. The van der Waals surface area contributed by atoms with Crippen LogP contribution in [-0.2, 0) is 5.41 Å². The summed E-state index contributed by atoms with van der Waals surface area (Å²) >= 11 is 0. The van der Waals surface area contributed by atoms with Crippen LogP contribution in [0.25, 0.3) is 66.1 Å². The Bertz CT molecular complexity index is 3440. The highest BCUT2D eigenvalue weighted by molar-refractivity contribution is 6.22. The predicted octanol–water partition coefficient (Wildman–Crippen LogP) is 16.8. The number of hydrogen-bond acceptors (Lipinski definition) is 1. The van der Waals surface area contributed by atoms with Crippen molar-refractivity contribution in [2.45, 2.75) is 5.41 Å². The Balaban J connectivity index is 1.17. The third kappa shape index (κ3) is 5.93. The molecule has 0 bridgehead atoms. The molecule has 0 unspecified atom stereocenters. The van der Waals surface area contributed by atoms with E-state index < -0.39 is 5.41 Å². The molecule has 0 aliphatic heterocycles. The fourth-order valence-electron chi connectivity index (χ4n) is 10.6. The normalized spacial score (nSPS) is 12.5. The molecule has 0 heterocycles. The molecule has 0 saturated heterocycles. The lowest BCUT2D eigenvalue weighted by molar-refractivity contribution is 0.768. The molecule has 1 aliphatic carbocycles. The summed E-state index contributed by atoms with van der Waals surface area (Å²) in [4.78, 5) is 2.53. The quantitative estimate of drug-likeness (QED) is 0.138. The van der Waals surface area contributed by atoms with E-state index in [9.17, 15) is 0 Å². The highest BCUT2D eigenvalue weighted by Gasteiger charge is 2.46. The summed E-state index contributed by atoms with van der Waals surface area (Å²) in [5.41, 5.74) is 17.6. The summed E-state index contributed by atoms with van der Waals surface area (Å²) in [6, 6.07) is 96.0. The lowest BCUT2D eigenvalue weighted by Gasteiger charge is -2.35. The van der Waals surface area contributed by atoms with Gasteiger partial charge in [0, 0.05) is 22.3 Å². The first-order valence-corrected chi connectivity index (χ1v) is 22.2. The van der Waals surface area contributed by atoms with Gasteiger partial charge in [-0.2, -0.15) is 0 Å². The van der Waals surface area contributed by atoms with Gasteiger partial charge in [-0.15, -0.1) is 0 Å². The van der Waals surface area contributed by atoms with Gasteiger partial charge in [0.2, 0.25) is 0 Å². The second kappa shape index (κ2) is 15.6. The lowest BCUT2D eigenvalue weighted by atomic mass is 9.67. The lowest BCUT2D eigenvalue weighted by Crippen LogP contribution is -2.28. The van der Waals surface area contributed by atoms with E-state index in [0.717, 1.165) is 22.6 Å². The van der Waals surface area contributed by atoms with E-state index in [1.54, 1.807) is 0 Å². The van der Waals surface area contributed by atoms with Gasteiger partial charge in [-0.05, 0) is 108 Å². The predicted molar refractivity (Wildman–Crippen MR) is 270 cm³/mol. The van der Waals surface area contributed by atoms with Gasteiger partial charge in [0.1, 0.15) is 0 Å². The average molecular weight is 814 g/mol. The Kier molecular flexibility index (Phi) is 9.13. The number of nitrogens with zero attached hydrogens (tertiary/aromatic N) is 1. The van der Waals surface area contributed by atoms with Crippen LogP contribution in [-0.4, -0.2) is 0 Å². The first-order valence-electron chi connectivity index (χ1n) is 22.2. The zero-order chi connectivity index (χ0) is 42.5. The number of benzene rings is 11. The third-order valence-electron chi connectivity index (χ3n) is 13.3. The molecule has 1 heteroatoms. The largest absolute Gasteiger partial charge is 0.309 e. The van der Waals surface area contributed by atoms with Crippen LogP contribution < -0.4 is 4.90 Å². The van der Waals surface area contributed by atoms with Crippen molar-refractivity contribution in [2.24, 2.45) is 0 Å². The van der Waals surface area contributed by atoms with E-state index in [-0.39, 0.29) is 0 Å². The minimum absolute atomic E-state index is 0.540. The van der Waals surface area contributed by atoms with Gasteiger partial charge in [-0.1, -0.05) is 231 Å². The van der Waals surface area contributed by atoms with Gasteiger partial charge in [0.05, 0.1) is 11.1 Å². The number of fused-ring (bicyclic) bond motifs is 6. The van der Waals surface area contributed by atoms with Gasteiger partial charge >= 0.3 is 0 Å². The van der Waals surface area contributed by atoms with Crippen LogP contribution >= 0.6 is 0 Å². The summed E-state index contributed by atoms with van der Waals surface area (Å²) in [5.74, 6) is 0. The van der Waals surface area contributed by atoms with Crippen LogP contribution in [0, 0.1) is 0 Å². The fourth-order valence-corrected chi connectivity index (χ4v) is 10.6. The van der Waals surface area contributed by atoms with Crippen LogP contribution in [0.5, 0.6) is 0 Å². The molecule has 11 aromatic carbocycles. The van der Waals surface area contributed by atoms with Crippen molar-refractivity contribution in [1.29, 1.82) is 0 Å². The molecule has 0 N–H and O–H groups in total. The molecule has 12 rings (SSSR count). The minimum Gasteiger partial charge on any atom is -0.309 e. The Morgan fingerprint density at radius 2 is 0.734 bits per heavy atom. The van der Waals surface area contributed by atoms with E-state index in [2.05, 4.69) is 266 Å². The topological polar surface area (TPSA) is 3.24 Å². The highest BCUT2D eigenvalue weighted by Crippen LogP contribution is 2.58. The van der Waals surface area contributed by atoms with Crippen LogP contribution in [0.15, 0.2) is 261 Å². The van der Waals surface area contributed by atoms with Crippen LogP contribution in [0.4, 0.5) is 17.1 Å². The number of rotatable bonds is 8. The van der Waals surface area contributed by atoms with E-state index in [0.29, 0.717) is 0 Å². The summed E-state index contributed by atoms with van der Waals surface area (Å²) in [7, 11) is 0. The summed E-state index contributed by atoms with van der Waals surface area (Å²) < 4.78 is 0. The van der Waals surface area contributed by atoms with Crippen molar-refractivity contribution in [3.05, 3.63) is 283 Å². The minimum atomic E-state index is -0.540. The Hall–Kier alpha value is -8.26. The van der Waals surface area contributed by atoms with Crippen molar-refractivity contribution in [3.63, 3.8) is 0 Å². The number of para-hydroxylation sites is 1. The molecule has 1 nitrogen and oxygen atoms in total. The maximum atomic E-state index is 2.53. The molecular weight excluding hydrogens is 771 g/mol. The van der Waals surface area contributed by atoms with E-state index in [4.69, 9.17) is 0 Å². The van der Waals surface area contributed by atoms with E-state index >= 15 is 0 Å². The zero-order valence-corrected chi connectivity index (χ0v) is 35.3. The smallest absolute Gasteiger partial charge is 0.0714 e. The molecule has 1 aliphatic rings. The van der Waals surface area contributed by atoms with Crippen LogP contribution in [0.1, 0.15) is 22.3 Å². The van der Waals surface area contributed by atoms with E-state index in [1.165, 1.54) is 82.7 Å². The summed E-state index contributed by atoms with van der Waals surface area (Å²) in [6.07, 6.45) is 0. The summed E-state index contributed by atoms with van der Waals surface area (Å²) in [5, 5.41) is 4.86. The van der Waals surface area contributed by atoms with Crippen molar-refractivity contribution < 1.29 is 0 Å². The second-order valence-corrected chi connectivity index (χ2v) is 16.7. The molecule has 64 heavy (non-hydrogen) atoms. The zero-order valence-electron chi connectivity index (χ0n) is 35.3.